The van der Waals surface area contributed by atoms with Crippen LogP contribution in [0.3, 0.4) is 0 Å². The number of rotatable bonds is 5. The molecule has 0 aliphatic carbocycles. The predicted octanol–water partition coefficient (Wildman–Crippen LogP) is 2.19. The molecule has 0 aromatic rings. The van der Waals surface area contributed by atoms with Crippen molar-refractivity contribution in [2.45, 2.75) is 33.3 Å². The highest BCUT2D eigenvalue weighted by Gasteiger charge is 2.20. The van der Waals surface area contributed by atoms with Crippen LogP contribution in [-0.4, -0.2) is 19.0 Å². The third-order valence-corrected chi connectivity index (χ3v) is 1.65. The van der Waals surface area contributed by atoms with Gasteiger partial charge in [-0.1, -0.05) is 26.0 Å². The molecule has 0 amide bonds. The van der Waals surface area contributed by atoms with Crippen LogP contribution in [0.25, 0.3) is 0 Å². The van der Waals surface area contributed by atoms with E-state index < -0.39 is 0 Å². The third kappa shape index (κ3) is 3.67. The van der Waals surface area contributed by atoms with Crippen LogP contribution in [0.5, 0.6) is 0 Å². The highest BCUT2D eigenvalue weighted by Crippen LogP contribution is 2.11. The minimum atomic E-state index is -0.276. The Hall–Kier alpha value is -0.630. The first-order valence-corrected chi connectivity index (χ1v) is 4.19. The highest BCUT2D eigenvalue weighted by molar-refractivity contribution is 5.85. The second-order valence-electron chi connectivity index (χ2n) is 3.50. The van der Waals surface area contributed by atoms with Crippen LogP contribution in [0.4, 0.5) is 0 Å². The Labute approximate surface area is 74.6 Å². The van der Waals surface area contributed by atoms with Gasteiger partial charge in [0.25, 0.3) is 0 Å². The molecule has 0 N–H and O–H groups in total. The van der Waals surface area contributed by atoms with E-state index in [1.165, 1.54) is 0 Å². The summed E-state index contributed by atoms with van der Waals surface area (Å²) in [5.74, 6) is 0.363. The number of allylic oxidation sites excluding steroid dienone is 1. The lowest BCUT2D eigenvalue weighted by Crippen LogP contribution is -2.28. The molecule has 0 fully saturated rings. The molecule has 0 rings (SSSR count). The molecule has 0 radical (unpaired) electrons. The van der Waals surface area contributed by atoms with Crippen LogP contribution < -0.4 is 0 Å². The molecule has 2 nitrogen and oxygen atoms in total. The Morgan fingerprint density at radius 2 is 2.00 bits per heavy atom. The molecule has 1 unspecified atom stereocenters. The normalized spacial score (nSPS) is 13.1. The van der Waals surface area contributed by atoms with Crippen molar-refractivity contribution in [3.63, 3.8) is 0 Å². The Balaban J connectivity index is 4.12. The summed E-state index contributed by atoms with van der Waals surface area (Å²) in [6, 6.07) is 0. The molecule has 1 atom stereocenters. The number of carbonyl (C=O) groups excluding carboxylic acids is 1. The van der Waals surface area contributed by atoms with Crippen LogP contribution in [0.2, 0.25) is 0 Å². The van der Waals surface area contributed by atoms with Crippen molar-refractivity contribution < 1.29 is 9.53 Å². The molecular formula is C10H18O2. The predicted molar refractivity (Wildman–Crippen MR) is 50.1 cm³/mol. The van der Waals surface area contributed by atoms with Crippen molar-refractivity contribution in [2.75, 3.05) is 7.11 Å². The average molecular weight is 170 g/mol. The van der Waals surface area contributed by atoms with Gasteiger partial charge in [-0.3, -0.25) is 4.79 Å². The summed E-state index contributed by atoms with van der Waals surface area (Å²) in [7, 11) is 1.57. The minimum absolute atomic E-state index is 0.125. The summed E-state index contributed by atoms with van der Waals surface area (Å²) in [6.45, 7) is 9.50. The molecule has 0 aliphatic rings. The topological polar surface area (TPSA) is 26.3 Å². The average Bonchev–Trinajstić information content (AvgIpc) is 1.85. The van der Waals surface area contributed by atoms with E-state index in [9.17, 15) is 4.79 Å². The molecule has 0 bridgehead atoms. The second-order valence-corrected chi connectivity index (χ2v) is 3.50. The zero-order chi connectivity index (χ0) is 9.72. The fourth-order valence-corrected chi connectivity index (χ4v) is 1.17. The maximum atomic E-state index is 11.4. The lowest BCUT2D eigenvalue weighted by Gasteiger charge is -2.17. The van der Waals surface area contributed by atoms with Crippen molar-refractivity contribution >= 4 is 5.78 Å². The van der Waals surface area contributed by atoms with Gasteiger partial charge >= 0.3 is 0 Å². The number of hydrogen-bond donors (Lipinski definition) is 0. The first kappa shape index (κ1) is 11.4. The molecule has 0 spiro atoms. The Kier molecular flexibility index (Phi) is 4.83. The number of carbonyl (C=O) groups is 1. The summed E-state index contributed by atoms with van der Waals surface area (Å²) in [4.78, 5) is 11.4. The molecule has 70 valence electrons. The SMILES string of the molecule is C=C(C)CC(=O)C(OC)C(C)C. The molecule has 2 heteroatoms. The lowest BCUT2D eigenvalue weighted by molar-refractivity contribution is -0.130. The van der Waals surface area contributed by atoms with Gasteiger partial charge in [0.05, 0.1) is 0 Å². The zero-order valence-corrected chi connectivity index (χ0v) is 8.39. The van der Waals surface area contributed by atoms with E-state index in [-0.39, 0.29) is 17.8 Å². The smallest absolute Gasteiger partial charge is 0.165 e. The van der Waals surface area contributed by atoms with Crippen LogP contribution in [0, 0.1) is 5.92 Å². The molecule has 0 saturated heterocycles. The molecule has 0 saturated carbocycles. The first-order chi connectivity index (χ1) is 5.49. The second kappa shape index (κ2) is 5.09. The summed E-state index contributed by atoms with van der Waals surface area (Å²) in [6.07, 6.45) is 0.151. The summed E-state index contributed by atoms with van der Waals surface area (Å²) < 4.78 is 5.08. The molecule has 0 heterocycles. The number of ketones is 1. The van der Waals surface area contributed by atoms with Gasteiger partial charge in [-0.15, -0.1) is 0 Å². The van der Waals surface area contributed by atoms with Crippen LogP contribution in [0.15, 0.2) is 12.2 Å². The number of methoxy groups -OCH3 is 1. The Bertz CT molecular complexity index is 171. The Morgan fingerprint density at radius 3 is 2.25 bits per heavy atom. The van der Waals surface area contributed by atoms with Crippen molar-refractivity contribution in [3.05, 3.63) is 12.2 Å². The van der Waals surface area contributed by atoms with Gasteiger partial charge in [0.15, 0.2) is 5.78 Å². The number of Topliss-reactive ketones (excluding diaryl/α,β-unsaturated/α-hetero) is 1. The van der Waals surface area contributed by atoms with Gasteiger partial charge in [0.2, 0.25) is 0 Å². The van der Waals surface area contributed by atoms with Crippen molar-refractivity contribution in [2.24, 2.45) is 5.92 Å². The zero-order valence-electron chi connectivity index (χ0n) is 8.39. The van der Waals surface area contributed by atoms with Gasteiger partial charge in [0.1, 0.15) is 6.10 Å². The van der Waals surface area contributed by atoms with Gasteiger partial charge in [-0.25, -0.2) is 0 Å². The number of ether oxygens (including phenoxy) is 1. The Morgan fingerprint density at radius 1 is 1.50 bits per heavy atom. The highest BCUT2D eigenvalue weighted by atomic mass is 16.5. The number of hydrogen-bond acceptors (Lipinski definition) is 2. The molecule has 0 aromatic carbocycles. The van der Waals surface area contributed by atoms with Crippen LogP contribution in [-0.2, 0) is 9.53 Å². The maximum absolute atomic E-state index is 11.4. The summed E-state index contributed by atoms with van der Waals surface area (Å²) in [5.41, 5.74) is 0.891. The molecule has 12 heavy (non-hydrogen) atoms. The third-order valence-electron chi connectivity index (χ3n) is 1.65. The van der Waals surface area contributed by atoms with Crippen LogP contribution >= 0.6 is 0 Å². The molecule has 0 aromatic heterocycles. The summed E-state index contributed by atoms with van der Waals surface area (Å²) in [5, 5.41) is 0. The molecule has 0 aliphatic heterocycles. The van der Waals surface area contributed by atoms with E-state index >= 15 is 0 Å². The van der Waals surface area contributed by atoms with E-state index in [0.717, 1.165) is 5.57 Å². The van der Waals surface area contributed by atoms with Gasteiger partial charge in [0, 0.05) is 13.5 Å². The van der Waals surface area contributed by atoms with Crippen molar-refractivity contribution in [3.8, 4) is 0 Å². The standard InChI is InChI=1S/C10H18O2/c1-7(2)6-9(11)10(12-5)8(3)4/h8,10H,1,6H2,2-5H3. The molecular weight excluding hydrogens is 152 g/mol. The van der Waals surface area contributed by atoms with E-state index in [1.54, 1.807) is 7.11 Å². The van der Waals surface area contributed by atoms with Gasteiger partial charge in [-0.05, 0) is 12.8 Å². The monoisotopic (exact) mass is 170 g/mol. The van der Waals surface area contributed by atoms with E-state index in [1.807, 2.05) is 20.8 Å². The maximum Gasteiger partial charge on any atom is 0.165 e. The van der Waals surface area contributed by atoms with Crippen LogP contribution in [0.1, 0.15) is 27.2 Å². The van der Waals surface area contributed by atoms with E-state index in [0.29, 0.717) is 6.42 Å². The van der Waals surface area contributed by atoms with Crippen molar-refractivity contribution in [1.82, 2.24) is 0 Å². The minimum Gasteiger partial charge on any atom is -0.373 e. The lowest BCUT2D eigenvalue weighted by atomic mass is 9.99. The van der Waals surface area contributed by atoms with E-state index in [4.69, 9.17) is 4.74 Å². The quantitative estimate of drug-likeness (QED) is 0.591. The fraction of sp³-hybridized carbons (Fsp3) is 0.700. The van der Waals surface area contributed by atoms with Gasteiger partial charge in [-0.2, -0.15) is 0 Å². The fourth-order valence-electron chi connectivity index (χ4n) is 1.17. The largest absolute Gasteiger partial charge is 0.373 e. The van der Waals surface area contributed by atoms with Crippen molar-refractivity contribution in [1.29, 1.82) is 0 Å². The first-order valence-electron chi connectivity index (χ1n) is 4.19. The van der Waals surface area contributed by atoms with E-state index in [2.05, 4.69) is 6.58 Å². The summed E-state index contributed by atoms with van der Waals surface area (Å²) >= 11 is 0. The van der Waals surface area contributed by atoms with Gasteiger partial charge < -0.3 is 4.74 Å².